The lowest BCUT2D eigenvalue weighted by atomic mass is 10.1. The molecule has 0 radical (unpaired) electrons. The van der Waals surface area contributed by atoms with E-state index in [0.29, 0.717) is 22.4 Å². The number of hydrogen-bond donors (Lipinski definition) is 2. The summed E-state index contributed by atoms with van der Waals surface area (Å²) in [4.78, 5) is 12.2. The number of rotatable bonds is 2. The summed E-state index contributed by atoms with van der Waals surface area (Å²) in [6, 6.07) is 7.38. The van der Waals surface area contributed by atoms with Gasteiger partial charge in [0.25, 0.3) is 5.91 Å². The number of halogens is 1. The van der Waals surface area contributed by atoms with Gasteiger partial charge in [0.2, 0.25) is 0 Å². The number of amides is 1. The van der Waals surface area contributed by atoms with E-state index in [1.54, 1.807) is 39.0 Å². The van der Waals surface area contributed by atoms with Crippen molar-refractivity contribution in [3.63, 3.8) is 0 Å². The predicted molar refractivity (Wildman–Crippen MR) is 76.7 cm³/mol. The summed E-state index contributed by atoms with van der Waals surface area (Å²) in [6.45, 7) is 5.29. The largest absolute Gasteiger partial charge is 0.508 e. The molecule has 0 saturated heterocycles. The molecule has 0 aliphatic heterocycles. The molecular formula is C16H16FNO2. The topological polar surface area (TPSA) is 49.3 Å². The number of anilines is 1. The standard InChI is InChI=1S/C16H16FNO2/c1-9-4-5-12(17)8-13(9)16(20)18-14-6-11(3)15(19)7-10(14)2/h4-8,19H,1-3H3,(H,18,20). The molecule has 0 spiro atoms. The summed E-state index contributed by atoms with van der Waals surface area (Å²) in [5.74, 6) is -0.628. The van der Waals surface area contributed by atoms with E-state index in [1.807, 2.05) is 0 Å². The van der Waals surface area contributed by atoms with Gasteiger partial charge in [-0.15, -0.1) is 0 Å². The number of hydrogen-bond acceptors (Lipinski definition) is 2. The molecule has 2 rings (SSSR count). The zero-order valence-corrected chi connectivity index (χ0v) is 11.6. The van der Waals surface area contributed by atoms with Gasteiger partial charge < -0.3 is 10.4 Å². The molecule has 0 fully saturated rings. The van der Waals surface area contributed by atoms with Crippen LogP contribution in [0.4, 0.5) is 10.1 Å². The van der Waals surface area contributed by atoms with Crippen LogP contribution in [0.3, 0.4) is 0 Å². The number of carbonyl (C=O) groups excluding carboxylic acids is 1. The second kappa shape index (κ2) is 5.33. The monoisotopic (exact) mass is 273 g/mol. The Balaban J connectivity index is 2.32. The molecule has 2 aromatic carbocycles. The van der Waals surface area contributed by atoms with Gasteiger partial charge in [0.1, 0.15) is 11.6 Å². The van der Waals surface area contributed by atoms with Gasteiger partial charge in [-0.25, -0.2) is 4.39 Å². The van der Waals surface area contributed by atoms with Crippen molar-refractivity contribution in [2.75, 3.05) is 5.32 Å². The van der Waals surface area contributed by atoms with Gasteiger partial charge in [-0.1, -0.05) is 6.07 Å². The lowest BCUT2D eigenvalue weighted by molar-refractivity contribution is 0.102. The molecule has 3 nitrogen and oxygen atoms in total. The first-order chi connectivity index (χ1) is 9.38. The van der Waals surface area contributed by atoms with Crippen LogP contribution in [0.15, 0.2) is 30.3 Å². The van der Waals surface area contributed by atoms with E-state index in [1.165, 1.54) is 12.1 Å². The number of nitrogens with one attached hydrogen (secondary N) is 1. The minimum Gasteiger partial charge on any atom is -0.508 e. The summed E-state index contributed by atoms with van der Waals surface area (Å²) >= 11 is 0. The molecule has 0 aromatic heterocycles. The first-order valence-corrected chi connectivity index (χ1v) is 6.26. The Kier molecular flexibility index (Phi) is 3.74. The Labute approximate surface area is 117 Å². The van der Waals surface area contributed by atoms with Gasteiger partial charge in [-0.3, -0.25) is 4.79 Å². The van der Waals surface area contributed by atoms with Crippen molar-refractivity contribution in [2.45, 2.75) is 20.8 Å². The first-order valence-electron chi connectivity index (χ1n) is 6.26. The van der Waals surface area contributed by atoms with Crippen LogP contribution in [-0.2, 0) is 0 Å². The van der Waals surface area contributed by atoms with Crippen LogP contribution in [0, 0.1) is 26.6 Å². The van der Waals surface area contributed by atoms with Crippen LogP contribution in [0.2, 0.25) is 0 Å². The van der Waals surface area contributed by atoms with Crippen molar-refractivity contribution in [1.29, 1.82) is 0 Å². The van der Waals surface area contributed by atoms with Crippen LogP contribution in [0.5, 0.6) is 5.75 Å². The van der Waals surface area contributed by atoms with Crippen molar-refractivity contribution in [3.05, 3.63) is 58.4 Å². The van der Waals surface area contributed by atoms with Gasteiger partial charge in [0, 0.05) is 11.3 Å². The summed E-state index contributed by atoms with van der Waals surface area (Å²) in [7, 11) is 0. The quantitative estimate of drug-likeness (QED) is 0.819. The molecule has 0 bridgehead atoms. The average molecular weight is 273 g/mol. The lowest BCUT2D eigenvalue weighted by Crippen LogP contribution is -2.14. The second-order valence-electron chi connectivity index (χ2n) is 4.87. The van der Waals surface area contributed by atoms with E-state index in [0.717, 1.165) is 5.56 Å². The SMILES string of the molecule is Cc1cc(NC(=O)c2cc(F)ccc2C)c(C)cc1O. The maximum absolute atomic E-state index is 13.2. The number of aromatic hydroxyl groups is 1. The normalized spacial score (nSPS) is 10.4. The molecule has 104 valence electrons. The molecule has 4 heteroatoms. The highest BCUT2D eigenvalue weighted by Crippen LogP contribution is 2.25. The summed E-state index contributed by atoms with van der Waals surface area (Å²) < 4.78 is 13.2. The fraction of sp³-hybridized carbons (Fsp3) is 0.188. The van der Waals surface area contributed by atoms with Crippen LogP contribution < -0.4 is 5.32 Å². The zero-order chi connectivity index (χ0) is 14.9. The number of aryl methyl sites for hydroxylation is 3. The van der Waals surface area contributed by atoms with Crippen LogP contribution >= 0.6 is 0 Å². The van der Waals surface area contributed by atoms with Crippen LogP contribution in [0.25, 0.3) is 0 Å². The number of benzene rings is 2. The average Bonchev–Trinajstić information content (AvgIpc) is 2.38. The Morgan fingerprint density at radius 1 is 1.05 bits per heavy atom. The maximum atomic E-state index is 13.2. The maximum Gasteiger partial charge on any atom is 0.256 e. The van der Waals surface area contributed by atoms with Crippen molar-refractivity contribution in [2.24, 2.45) is 0 Å². The van der Waals surface area contributed by atoms with Crippen molar-refractivity contribution in [1.82, 2.24) is 0 Å². The second-order valence-corrected chi connectivity index (χ2v) is 4.87. The first kappa shape index (κ1) is 14.1. The highest BCUT2D eigenvalue weighted by atomic mass is 19.1. The summed E-state index contributed by atoms with van der Waals surface area (Å²) in [5, 5.41) is 12.3. The lowest BCUT2D eigenvalue weighted by Gasteiger charge is -2.12. The van der Waals surface area contributed by atoms with E-state index in [2.05, 4.69) is 5.32 Å². The molecule has 0 aliphatic carbocycles. The molecular weight excluding hydrogens is 257 g/mol. The molecule has 0 heterocycles. The van der Waals surface area contributed by atoms with E-state index >= 15 is 0 Å². The summed E-state index contributed by atoms with van der Waals surface area (Å²) in [5.41, 5.74) is 3.03. The van der Waals surface area contributed by atoms with Gasteiger partial charge in [0.15, 0.2) is 0 Å². The minimum atomic E-state index is -0.445. The number of phenolic OH excluding ortho intramolecular Hbond substituents is 1. The third-order valence-corrected chi connectivity index (χ3v) is 3.24. The summed E-state index contributed by atoms with van der Waals surface area (Å²) in [6.07, 6.45) is 0. The Morgan fingerprint density at radius 2 is 1.75 bits per heavy atom. The van der Waals surface area contributed by atoms with Gasteiger partial charge >= 0.3 is 0 Å². The van der Waals surface area contributed by atoms with Crippen molar-refractivity contribution >= 4 is 11.6 Å². The van der Waals surface area contributed by atoms with Gasteiger partial charge in [-0.05, 0) is 61.7 Å². The van der Waals surface area contributed by atoms with Crippen LogP contribution in [-0.4, -0.2) is 11.0 Å². The van der Waals surface area contributed by atoms with E-state index in [-0.39, 0.29) is 11.7 Å². The zero-order valence-electron chi connectivity index (χ0n) is 11.6. The highest BCUT2D eigenvalue weighted by Gasteiger charge is 2.12. The fourth-order valence-corrected chi connectivity index (χ4v) is 1.96. The predicted octanol–water partition coefficient (Wildman–Crippen LogP) is 3.71. The minimum absolute atomic E-state index is 0.183. The molecule has 2 N–H and O–H groups in total. The van der Waals surface area contributed by atoms with E-state index < -0.39 is 5.82 Å². The van der Waals surface area contributed by atoms with Crippen molar-refractivity contribution < 1.29 is 14.3 Å². The van der Waals surface area contributed by atoms with E-state index in [9.17, 15) is 14.3 Å². The Morgan fingerprint density at radius 3 is 2.45 bits per heavy atom. The fourth-order valence-electron chi connectivity index (χ4n) is 1.96. The number of carbonyl (C=O) groups is 1. The number of phenols is 1. The molecule has 20 heavy (non-hydrogen) atoms. The molecule has 0 aliphatic rings. The van der Waals surface area contributed by atoms with Crippen LogP contribution in [0.1, 0.15) is 27.0 Å². The molecule has 2 aromatic rings. The molecule has 0 saturated carbocycles. The third-order valence-electron chi connectivity index (χ3n) is 3.24. The van der Waals surface area contributed by atoms with E-state index in [4.69, 9.17) is 0 Å². The Hall–Kier alpha value is -2.36. The Bertz CT molecular complexity index is 680. The molecule has 0 unspecified atom stereocenters. The highest BCUT2D eigenvalue weighted by molar-refractivity contribution is 6.05. The smallest absolute Gasteiger partial charge is 0.256 e. The van der Waals surface area contributed by atoms with Crippen molar-refractivity contribution in [3.8, 4) is 5.75 Å². The van der Waals surface area contributed by atoms with Gasteiger partial charge in [0.05, 0.1) is 0 Å². The molecule has 0 atom stereocenters. The van der Waals surface area contributed by atoms with Gasteiger partial charge in [-0.2, -0.15) is 0 Å². The third kappa shape index (κ3) is 2.79. The molecule has 1 amide bonds.